The molecule has 1 aromatic carbocycles. The Kier molecular flexibility index (Phi) is 8.65. The van der Waals surface area contributed by atoms with E-state index >= 15 is 0 Å². The van der Waals surface area contributed by atoms with Crippen LogP contribution in [0.15, 0.2) is 84.6 Å². The van der Waals surface area contributed by atoms with Gasteiger partial charge in [0.05, 0.1) is 12.2 Å². The minimum Gasteiger partial charge on any atom is -0.381 e. The smallest absolute Gasteiger partial charge is 0.257 e. The average molecular weight is 539 g/mol. The van der Waals surface area contributed by atoms with E-state index in [2.05, 4.69) is 71.6 Å². The van der Waals surface area contributed by atoms with Crippen LogP contribution in [0.2, 0.25) is 0 Å². The van der Waals surface area contributed by atoms with Crippen molar-refractivity contribution in [3.63, 3.8) is 0 Å². The second-order valence-electron chi connectivity index (χ2n) is 11.5. The number of rotatable bonds is 11. The summed E-state index contributed by atoms with van der Waals surface area (Å²) in [5, 5.41) is 8.88. The molecule has 5 rings (SSSR count). The number of aryl methyl sites for hydroxylation is 2. The van der Waals surface area contributed by atoms with Crippen LogP contribution in [0.1, 0.15) is 63.6 Å². The number of hydrogen-bond acceptors (Lipinski definition) is 5. The summed E-state index contributed by atoms with van der Waals surface area (Å²) in [6, 6.07) is 12.7. The SMILES string of the molecule is C=C(C)/C=C\C(=CC)CCCc1ccc(N2C(=O)C23CC(=C)N(c2ccc(CCC4CCOCC4)cc2)C3)nn1. The van der Waals surface area contributed by atoms with Crippen molar-refractivity contribution in [2.45, 2.75) is 70.8 Å². The minimum absolute atomic E-state index is 0.105. The fraction of sp³-hybridized carbons (Fsp3) is 0.441. The van der Waals surface area contributed by atoms with Crippen LogP contribution in [0.5, 0.6) is 0 Å². The molecular formula is C34H42N4O2. The summed E-state index contributed by atoms with van der Waals surface area (Å²) in [5.41, 5.74) is 6.13. The topological polar surface area (TPSA) is 58.3 Å². The number of benzene rings is 1. The molecule has 3 saturated heterocycles. The molecule has 0 N–H and O–H groups in total. The summed E-state index contributed by atoms with van der Waals surface area (Å²) in [6.07, 6.45) is 14.4. The Morgan fingerprint density at radius 2 is 1.88 bits per heavy atom. The van der Waals surface area contributed by atoms with E-state index in [0.29, 0.717) is 18.8 Å². The van der Waals surface area contributed by atoms with Gasteiger partial charge in [-0.25, -0.2) is 0 Å². The lowest BCUT2D eigenvalue weighted by molar-refractivity contribution is -0.111. The number of carbonyl (C=O) groups is 1. The first-order valence-electron chi connectivity index (χ1n) is 14.7. The van der Waals surface area contributed by atoms with Gasteiger partial charge in [0.15, 0.2) is 11.4 Å². The minimum atomic E-state index is -0.578. The van der Waals surface area contributed by atoms with Crippen molar-refractivity contribution in [2.75, 3.05) is 29.6 Å². The van der Waals surface area contributed by atoms with Crippen molar-refractivity contribution in [2.24, 2.45) is 5.92 Å². The van der Waals surface area contributed by atoms with E-state index in [0.717, 1.165) is 67.5 Å². The van der Waals surface area contributed by atoms with Crippen molar-refractivity contribution in [3.05, 3.63) is 95.9 Å². The van der Waals surface area contributed by atoms with Crippen LogP contribution in [0, 0.1) is 5.92 Å². The van der Waals surface area contributed by atoms with Gasteiger partial charge in [0.2, 0.25) is 0 Å². The second-order valence-corrected chi connectivity index (χ2v) is 11.5. The summed E-state index contributed by atoms with van der Waals surface area (Å²) >= 11 is 0. The predicted molar refractivity (Wildman–Crippen MR) is 162 cm³/mol. The zero-order valence-electron chi connectivity index (χ0n) is 24.1. The molecule has 3 aliphatic rings. The van der Waals surface area contributed by atoms with Crippen LogP contribution in [-0.4, -0.2) is 41.4 Å². The molecule has 3 fully saturated rings. The molecule has 210 valence electrons. The number of carbonyl (C=O) groups excluding carboxylic acids is 1. The average Bonchev–Trinajstić information content (AvgIpc) is 3.35. The van der Waals surface area contributed by atoms with Crippen LogP contribution in [0.3, 0.4) is 0 Å². The van der Waals surface area contributed by atoms with E-state index in [9.17, 15) is 4.79 Å². The van der Waals surface area contributed by atoms with Gasteiger partial charge in [0, 0.05) is 31.0 Å². The van der Waals surface area contributed by atoms with Gasteiger partial charge in [0.25, 0.3) is 5.91 Å². The van der Waals surface area contributed by atoms with E-state index in [4.69, 9.17) is 4.74 Å². The van der Waals surface area contributed by atoms with Gasteiger partial charge in [-0.05, 0) is 94.5 Å². The molecule has 6 heteroatoms. The molecule has 0 bridgehead atoms. The molecule has 4 heterocycles. The molecule has 0 saturated carbocycles. The number of allylic oxidation sites excluding steroid dienone is 5. The van der Waals surface area contributed by atoms with Crippen LogP contribution < -0.4 is 9.80 Å². The van der Waals surface area contributed by atoms with Crippen LogP contribution in [0.25, 0.3) is 0 Å². The predicted octanol–water partition coefficient (Wildman–Crippen LogP) is 6.75. The standard InChI is InChI=1S/C34H42N4O2/c1-5-27(10-9-25(2)3)7-6-8-30-15-18-32(36-35-30)38-33(39)34(38)23-26(4)37(24-34)31-16-13-28(14-17-31)11-12-29-19-21-40-22-20-29/h5,9-10,13-18,29H,2,4,6-8,11-12,19-24H2,1,3H3/b10-9-,27-5?. The number of ether oxygens (including phenoxy) is 1. The Morgan fingerprint density at radius 1 is 1.10 bits per heavy atom. The molecule has 0 aliphatic carbocycles. The van der Waals surface area contributed by atoms with Crippen LogP contribution in [0.4, 0.5) is 11.5 Å². The van der Waals surface area contributed by atoms with E-state index < -0.39 is 5.54 Å². The highest BCUT2D eigenvalue weighted by atomic mass is 16.5. The molecule has 2 aromatic rings. The van der Waals surface area contributed by atoms with E-state index in [1.807, 2.05) is 25.1 Å². The molecular weight excluding hydrogens is 496 g/mol. The van der Waals surface area contributed by atoms with Gasteiger partial charge in [-0.15, -0.1) is 5.10 Å². The summed E-state index contributed by atoms with van der Waals surface area (Å²) in [5.74, 6) is 1.51. The van der Waals surface area contributed by atoms with Gasteiger partial charge in [-0.2, -0.15) is 5.10 Å². The lowest BCUT2D eigenvalue weighted by Crippen LogP contribution is -2.26. The van der Waals surface area contributed by atoms with E-state index in [-0.39, 0.29) is 5.91 Å². The zero-order chi connectivity index (χ0) is 28.1. The molecule has 1 aromatic heterocycles. The molecule has 1 atom stereocenters. The number of nitrogens with zero attached hydrogens (tertiary/aromatic N) is 4. The summed E-state index contributed by atoms with van der Waals surface area (Å²) < 4.78 is 5.49. The maximum Gasteiger partial charge on any atom is 0.257 e. The molecule has 0 radical (unpaired) electrons. The van der Waals surface area contributed by atoms with Gasteiger partial charge in [0.1, 0.15) is 0 Å². The summed E-state index contributed by atoms with van der Waals surface area (Å²) in [6.45, 7) is 14.7. The van der Waals surface area contributed by atoms with Gasteiger partial charge < -0.3 is 9.64 Å². The van der Waals surface area contributed by atoms with Crippen molar-refractivity contribution >= 4 is 17.4 Å². The summed E-state index contributed by atoms with van der Waals surface area (Å²) in [7, 11) is 0. The van der Waals surface area contributed by atoms with E-state index in [1.54, 1.807) is 4.90 Å². The molecule has 1 unspecified atom stereocenters. The Bertz CT molecular complexity index is 1290. The molecule has 6 nitrogen and oxygen atoms in total. The number of hydrogen-bond donors (Lipinski definition) is 0. The number of amides is 1. The lowest BCUT2D eigenvalue weighted by Gasteiger charge is -2.22. The summed E-state index contributed by atoms with van der Waals surface area (Å²) in [4.78, 5) is 17.1. The molecule has 1 spiro atoms. The van der Waals surface area contributed by atoms with Crippen molar-refractivity contribution < 1.29 is 9.53 Å². The first-order chi connectivity index (χ1) is 19.4. The number of aromatic nitrogens is 2. The third-order valence-electron chi connectivity index (χ3n) is 8.49. The first kappa shape index (κ1) is 28.0. The van der Waals surface area contributed by atoms with Crippen LogP contribution >= 0.6 is 0 Å². The quantitative estimate of drug-likeness (QED) is 0.234. The normalized spacial score (nSPS) is 21.7. The maximum absolute atomic E-state index is 13.1. The zero-order valence-corrected chi connectivity index (χ0v) is 24.1. The van der Waals surface area contributed by atoms with E-state index in [1.165, 1.54) is 30.4 Å². The van der Waals surface area contributed by atoms with Gasteiger partial charge >= 0.3 is 0 Å². The highest BCUT2D eigenvalue weighted by Crippen LogP contribution is 2.49. The maximum atomic E-state index is 13.1. The third-order valence-corrected chi connectivity index (χ3v) is 8.49. The number of anilines is 2. The Balaban J connectivity index is 1.15. The largest absolute Gasteiger partial charge is 0.381 e. The van der Waals surface area contributed by atoms with Crippen LogP contribution in [-0.2, 0) is 22.4 Å². The van der Waals surface area contributed by atoms with Crippen molar-refractivity contribution in [1.29, 1.82) is 0 Å². The highest BCUT2D eigenvalue weighted by molar-refractivity contribution is 6.21. The van der Waals surface area contributed by atoms with Gasteiger partial charge in [-0.1, -0.05) is 54.7 Å². The fourth-order valence-electron chi connectivity index (χ4n) is 5.95. The monoisotopic (exact) mass is 538 g/mol. The van der Waals surface area contributed by atoms with Gasteiger partial charge in [-0.3, -0.25) is 9.69 Å². The third kappa shape index (κ3) is 6.28. The second kappa shape index (κ2) is 12.3. The fourth-order valence-corrected chi connectivity index (χ4v) is 5.95. The van der Waals surface area contributed by atoms with Crippen molar-refractivity contribution in [3.8, 4) is 0 Å². The molecule has 3 aliphatic heterocycles. The first-order valence-corrected chi connectivity index (χ1v) is 14.7. The lowest BCUT2D eigenvalue weighted by atomic mass is 9.93. The highest BCUT2D eigenvalue weighted by Gasteiger charge is 2.68. The Labute approximate surface area is 239 Å². The van der Waals surface area contributed by atoms with Crippen molar-refractivity contribution in [1.82, 2.24) is 10.2 Å². The Hall–Kier alpha value is -3.51. The Morgan fingerprint density at radius 3 is 2.55 bits per heavy atom. The molecule has 1 amide bonds. The molecule has 40 heavy (non-hydrogen) atoms.